The van der Waals surface area contributed by atoms with Crippen LogP contribution in [0, 0.1) is 6.92 Å². The molecule has 0 bridgehead atoms. The molecule has 1 atom stereocenters. The summed E-state index contributed by atoms with van der Waals surface area (Å²) >= 11 is 1.78. The van der Waals surface area contributed by atoms with Crippen molar-refractivity contribution in [1.29, 1.82) is 0 Å². The van der Waals surface area contributed by atoms with Crippen molar-refractivity contribution in [2.75, 3.05) is 28.7 Å². The Morgan fingerprint density at radius 3 is 2.67 bits per heavy atom. The van der Waals surface area contributed by atoms with Crippen LogP contribution in [0.4, 0.5) is 11.4 Å². The molecule has 1 fully saturated rings. The van der Waals surface area contributed by atoms with Crippen molar-refractivity contribution in [3.05, 3.63) is 23.8 Å². The molecule has 1 unspecified atom stereocenters. The van der Waals surface area contributed by atoms with Crippen molar-refractivity contribution in [3.8, 4) is 0 Å². The second kappa shape index (κ2) is 7.47. The number of nitrogens with one attached hydrogen (secondary N) is 3. The van der Waals surface area contributed by atoms with E-state index in [4.69, 9.17) is 0 Å². The maximum absolute atomic E-state index is 12.2. The fraction of sp³-hybridized carbons (Fsp3) is 0.467. The Kier molecular flexibility index (Phi) is 5.64. The summed E-state index contributed by atoms with van der Waals surface area (Å²) in [4.78, 5) is 23.7. The normalized spacial score (nSPS) is 18.1. The third-order valence-corrected chi connectivity index (χ3v) is 4.49. The first kappa shape index (κ1) is 15.9. The summed E-state index contributed by atoms with van der Waals surface area (Å²) in [6, 6.07) is 5.37. The Morgan fingerprint density at radius 1 is 1.33 bits per heavy atom. The molecular weight excluding hydrogens is 286 g/mol. The summed E-state index contributed by atoms with van der Waals surface area (Å²) in [5.41, 5.74) is 2.35. The molecule has 1 aliphatic rings. The summed E-state index contributed by atoms with van der Waals surface area (Å²) in [5, 5.41) is 9.00. The maximum atomic E-state index is 12.2. The molecular formula is C15H21N3O2S. The first-order valence-electron chi connectivity index (χ1n) is 7.13. The SMILES string of the molecule is CCC(=O)Nc1cccc(NC(=O)C2CSCCN2)c1C. The quantitative estimate of drug-likeness (QED) is 0.795. The third kappa shape index (κ3) is 4.22. The van der Waals surface area contributed by atoms with E-state index < -0.39 is 0 Å². The molecule has 2 amide bonds. The second-order valence-electron chi connectivity index (χ2n) is 4.95. The number of thioether (sulfide) groups is 1. The van der Waals surface area contributed by atoms with Gasteiger partial charge < -0.3 is 16.0 Å². The second-order valence-corrected chi connectivity index (χ2v) is 6.10. The molecule has 0 radical (unpaired) electrons. The van der Waals surface area contributed by atoms with Crippen molar-refractivity contribution in [1.82, 2.24) is 5.32 Å². The van der Waals surface area contributed by atoms with Gasteiger partial charge in [-0.1, -0.05) is 13.0 Å². The highest BCUT2D eigenvalue weighted by Gasteiger charge is 2.21. The molecule has 6 heteroatoms. The first-order valence-corrected chi connectivity index (χ1v) is 8.28. The van der Waals surface area contributed by atoms with Crippen molar-refractivity contribution in [3.63, 3.8) is 0 Å². The minimum absolute atomic E-state index is 0.0238. The highest BCUT2D eigenvalue weighted by atomic mass is 32.2. The monoisotopic (exact) mass is 307 g/mol. The standard InChI is InChI=1S/C15H21N3O2S/c1-3-14(19)17-11-5-4-6-12(10(11)2)18-15(20)13-9-21-8-7-16-13/h4-6,13,16H,3,7-9H2,1-2H3,(H,17,19)(H,18,20). The van der Waals surface area contributed by atoms with Crippen LogP contribution in [0.25, 0.3) is 0 Å². The van der Waals surface area contributed by atoms with Crippen LogP contribution < -0.4 is 16.0 Å². The van der Waals surface area contributed by atoms with Crippen molar-refractivity contribution >= 4 is 35.0 Å². The zero-order chi connectivity index (χ0) is 15.2. The van der Waals surface area contributed by atoms with Gasteiger partial charge in [0, 0.05) is 35.8 Å². The van der Waals surface area contributed by atoms with Crippen LogP contribution in [-0.4, -0.2) is 35.9 Å². The van der Waals surface area contributed by atoms with Gasteiger partial charge in [0.2, 0.25) is 11.8 Å². The molecule has 21 heavy (non-hydrogen) atoms. The Bertz CT molecular complexity index is 528. The molecule has 1 saturated heterocycles. The molecule has 3 N–H and O–H groups in total. The van der Waals surface area contributed by atoms with Crippen LogP contribution in [0.2, 0.25) is 0 Å². The van der Waals surface area contributed by atoms with Crippen molar-refractivity contribution < 1.29 is 9.59 Å². The van der Waals surface area contributed by atoms with Gasteiger partial charge in [-0.3, -0.25) is 9.59 Å². The number of benzene rings is 1. The zero-order valence-electron chi connectivity index (χ0n) is 12.4. The van der Waals surface area contributed by atoms with Crippen molar-refractivity contribution in [2.24, 2.45) is 0 Å². The Hall–Kier alpha value is -1.53. The van der Waals surface area contributed by atoms with Crippen LogP contribution in [0.3, 0.4) is 0 Å². The van der Waals surface area contributed by atoms with Gasteiger partial charge in [-0.25, -0.2) is 0 Å². The van der Waals surface area contributed by atoms with Crippen LogP contribution in [0.15, 0.2) is 18.2 Å². The van der Waals surface area contributed by atoms with E-state index in [9.17, 15) is 9.59 Å². The highest BCUT2D eigenvalue weighted by molar-refractivity contribution is 7.99. The molecule has 5 nitrogen and oxygen atoms in total. The summed E-state index contributed by atoms with van der Waals surface area (Å²) in [6.45, 7) is 4.56. The van der Waals surface area contributed by atoms with Gasteiger partial charge >= 0.3 is 0 Å². The van der Waals surface area contributed by atoms with Crippen LogP contribution in [0.5, 0.6) is 0 Å². The number of carbonyl (C=O) groups is 2. The lowest BCUT2D eigenvalue weighted by Gasteiger charge is -2.23. The molecule has 1 aromatic rings. The van der Waals surface area contributed by atoms with E-state index in [2.05, 4.69) is 16.0 Å². The van der Waals surface area contributed by atoms with E-state index in [1.807, 2.05) is 32.0 Å². The highest BCUT2D eigenvalue weighted by Crippen LogP contribution is 2.24. The summed E-state index contributed by atoms with van der Waals surface area (Å²) < 4.78 is 0. The molecule has 1 heterocycles. The third-order valence-electron chi connectivity index (χ3n) is 3.43. The maximum Gasteiger partial charge on any atom is 0.242 e. The molecule has 0 spiro atoms. The minimum Gasteiger partial charge on any atom is -0.326 e. The van der Waals surface area contributed by atoms with E-state index in [0.717, 1.165) is 35.0 Å². The van der Waals surface area contributed by atoms with Crippen LogP contribution >= 0.6 is 11.8 Å². The lowest BCUT2D eigenvalue weighted by molar-refractivity contribution is -0.117. The average Bonchev–Trinajstić information content (AvgIpc) is 2.52. The number of rotatable bonds is 4. The van der Waals surface area contributed by atoms with Gasteiger partial charge in [-0.05, 0) is 24.6 Å². The Labute approximate surface area is 129 Å². The summed E-state index contributed by atoms with van der Waals surface area (Å²) in [5.74, 6) is 1.77. The topological polar surface area (TPSA) is 70.2 Å². The van der Waals surface area contributed by atoms with E-state index in [-0.39, 0.29) is 17.9 Å². The number of carbonyl (C=O) groups excluding carboxylic acids is 2. The fourth-order valence-electron chi connectivity index (χ4n) is 2.10. The van der Waals surface area contributed by atoms with E-state index in [1.54, 1.807) is 11.8 Å². The largest absolute Gasteiger partial charge is 0.326 e. The Morgan fingerprint density at radius 2 is 2.05 bits per heavy atom. The van der Waals surface area contributed by atoms with E-state index in [1.165, 1.54) is 0 Å². The lowest BCUT2D eigenvalue weighted by atomic mass is 10.1. The molecule has 0 saturated carbocycles. The summed E-state index contributed by atoms with van der Waals surface area (Å²) in [7, 11) is 0. The van der Waals surface area contributed by atoms with Crippen LogP contribution in [-0.2, 0) is 9.59 Å². The number of hydrogen-bond acceptors (Lipinski definition) is 4. The van der Waals surface area contributed by atoms with Gasteiger partial charge in [0.15, 0.2) is 0 Å². The molecule has 114 valence electrons. The minimum atomic E-state index is -0.156. The molecule has 2 rings (SSSR count). The predicted octanol–water partition coefficient (Wildman–Crippen LogP) is 1.99. The van der Waals surface area contributed by atoms with E-state index in [0.29, 0.717) is 6.42 Å². The van der Waals surface area contributed by atoms with Crippen molar-refractivity contribution in [2.45, 2.75) is 26.3 Å². The first-order chi connectivity index (χ1) is 10.1. The predicted molar refractivity (Wildman–Crippen MR) is 87.8 cm³/mol. The van der Waals surface area contributed by atoms with Gasteiger partial charge in [0.1, 0.15) is 0 Å². The Balaban J connectivity index is 2.07. The zero-order valence-corrected chi connectivity index (χ0v) is 13.2. The molecule has 1 aliphatic heterocycles. The smallest absolute Gasteiger partial charge is 0.242 e. The van der Waals surface area contributed by atoms with Gasteiger partial charge in [-0.15, -0.1) is 0 Å². The average molecular weight is 307 g/mol. The van der Waals surface area contributed by atoms with Gasteiger partial charge in [0.25, 0.3) is 0 Å². The number of anilines is 2. The number of hydrogen-bond donors (Lipinski definition) is 3. The van der Waals surface area contributed by atoms with Gasteiger partial charge in [0.05, 0.1) is 6.04 Å². The van der Waals surface area contributed by atoms with Crippen LogP contribution in [0.1, 0.15) is 18.9 Å². The van der Waals surface area contributed by atoms with E-state index >= 15 is 0 Å². The molecule has 0 aliphatic carbocycles. The van der Waals surface area contributed by atoms with Gasteiger partial charge in [-0.2, -0.15) is 11.8 Å². The molecule has 0 aromatic heterocycles. The lowest BCUT2D eigenvalue weighted by Crippen LogP contribution is -2.46. The molecule has 1 aromatic carbocycles. The summed E-state index contributed by atoms with van der Waals surface area (Å²) in [6.07, 6.45) is 0.430. The number of amides is 2. The fourth-order valence-corrected chi connectivity index (χ4v) is 3.03.